The zero-order chi connectivity index (χ0) is 17.1. The summed E-state index contributed by atoms with van der Waals surface area (Å²) in [7, 11) is 0. The van der Waals surface area contributed by atoms with Crippen molar-refractivity contribution < 1.29 is 4.74 Å². The van der Waals surface area contributed by atoms with E-state index in [1.54, 1.807) is 6.20 Å². The third-order valence-corrected chi connectivity index (χ3v) is 4.58. The van der Waals surface area contributed by atoms with Crippen LogP contribution in [-0.4, -0.2) is 29.2 Å². The monoisotopic (exact) mass is 370 g/mol. The van der Waals surface area contributed by atoms with Gasteiger partial charge >= 0.3 is 0 Å². The second-order valence-electron chi connectivity index (χ2n) is 6.46. The van der Waals surface area contributed by atoms with Crippen LogP contribution in [-0.2, 0) is 0 Å². The molecule has 1 aromatic carbocycles. The summed E-state index contributed by atoms with van der Waals surface area (Å²) in [5.74, 6) is 1.73. The van der Waals surface area contributed by atoms with Gasteiger partial charge in [-0.1, -0.05) is 0 Å². The highest BCUT2D eigenvalue weighted by Crippen LogP contribution is 2.26. The van der Waals surface area contributed by atoms with E-state index in [1.165, 1.54) is 0 Å². The summed E-state index contributed by atoms with van der Waals surface area (Å²) >= 11 is 0. The quantitative estimate of drug-likeness (QED) is 0.719. The van der Waals surface area contributed by atoms with Gasteiger partial charge in [0.25, 0.3) is 0 Å². The molecule has 0 bridgehead atoms. The summed E-state index contributed by atoms with van der Waals surface area (Å²) in [6.07, 6.45) is 7.91. The first-order valence-corrected chi connectivity index (χ1v) is 8.73. The van der Waals surface area contributed by atoms with Crippen LogP contribution in [0.15, 0.2) is 48.9 Å². The lowest BCUT2D eigenvalue weighted by molar-refractivity contribution is 0.162. The average Bonchev–Trinajstić information content (AvgIpc) is 2.64. The fourth-order valence-electron chi connectivity index (χ4n) is 3.10. The van der Waals surface area contributed by atoms with Crippen molar-refractivity contribution in [3.63, 3.8) is 0 Å². The molecule has 6 heteroatoms. The van der Waals surface area contributed by atoms with Crippen LogP contribution in [0, 0.1) is 6.92 Å². The highest BCUT2D eigenvalue weighted by molar-refractivity contribution is 5.86. The Labute approximate surface area is 159 Å². The number of hydrogen-bond donors (Lipinski definition) is 2. The van der Waals surface area contributed by atoms with Crippen molar-refractivity contribution in [3.05, 3.63) is 54.5 Å². The summed E-state index contributed by atoms with van der Waals surface area (Å²) in [6, 6.07) is 10.2. The van der Waals surface area contributed by atoms with Crippen LogP contribution in [0.25, 0.3) is 10.8 Å². The third-order valence-electron chi connectivity index (χ3n) is 4.58. The molecule has 0 aliphatic carbocycles. The molecule has 0 atom stereocenters. The molecule has 2 aromatic heterocycles. The van der Waals surface area contributed by atoms with Gasteiger partial charge in [-0.25, -0.2) is 4.98 Å². The van der Waals surface area contributed by atoms with E-state index in [0.717, 1.165) is 59.5 Å². The molecule has 3 aromatic rings. The Morgan fingerprint density at radius 1 is 1.08 bits per heavy atom. The van der Waals surface area contributed by atoms with Crippen LogP contribution in [0.4, 0.5) is 11.5 Å². The lowest BCUT2D eigenvalue weighted by atomic mass is 10.1. The molecular weight excluding hydrogens is 348 g/mol. The molecule has 1 aliphatic heterocycles. The molecule has 3 heterocycles. The summed E-state index contributed by atoms with van der Waals surface area (Å²) in [6.45, 7) is 4.11. The largest absolute Gasteiger partial charge is 0.490 e. The number of anilines is 2. The van der Waals surface area contributed by atoms with E-state index >= 15 is 0 Å². The van der Waals surface area contributed by atoms with E-state index in [0.29, 0.717) is 6.10 Å². The Bertz CT molecular complexity index is 881. The average molecular weight is 371 g/mol. The molecule has 26 heavy (non-hydrogen) atoms. The first kappa shape index (κ1) is 18.4. The zero-order valence-corrected chi connectivity index (χ0v) is 15.6. The minimum atomic E-state index is 0. The first-order chi connectivity index (χ1) is 12.3. The zero-order valence-electron chi connectivity index (χ0n) is 14.7. The lowest BCUT2D eigenvalue weighted by Crippen LogP contribution is -2.34. The second kappa shape index (κ2) is 8.34. The van der Waals surface area contributed by atoms with Gasteiger partial charge in [0, 0.05) is 17.8 Å². The molecule has 2 N–H and O–H groups in total. The highest BCUT2D eigenvalue weighted by Gasteiger charge is 2.14. The molecule has 0 saturated carbocycles. The van der Waals surface area contributed by atoms with Crippen LogP contribution < -0.4 is 15.4 Å². The van der Waals surface area contributed by atoms with Crippen molar-refractivity contribution in [3.8, 4) is 5.75 Å². The topological polar surface area (TPSA) is 59.1 Å². The molecule has 0 unspecified atom stereocenters. The Kier molecular flexibility index (Phi) is 5.91. The van der Waals surface area contributed by atoms with Crippen LogP contribution in [0.5, 0.6) is 5.75 Å². The van der Waals surface area contributed by atoms with E-state index in [4.69, 9.17) is 4.74 Å². The number of aryl methyl sites for hydroxylation is 1. The number of aromatic nitrogens is 2. The number of benzene rings is 1. The van der Waals surface area contributed by atoms with Crippen LogP contribution in [0.3, 0.4) is 0 Å². The SMILES string of the molecule is Cc1ccncc1Nc1cc2cc(OC3CCNCC3)ccc2cn1.Cl. The van der Waals surface area contributed by atoms with Gasteiger partial charge in [-0.3, -0.25) is 4.98 Å². The van der Waals surface area contributed by atoms with Gasteiger partial charge in [-0.05, 0) is 74.1 Å². The molecule has 136 valence electrons. The molecule has 0 spiro atoms. The third kappa shape index (κ3) is 4.23. The summed E-state index contributed by atoms with van der Waals surface area (Å²) in [5, 5.41) is 8.93. The fourth-order valence-corrected chi connectivity index (χ4v) is 3.10. The minimum Gasteiger partial charge on any atom is -0.490 e. The number of nitrogens with zero attached hydrogens (tertiary/aromatic N) is 2. The Morgan fingerprint density at radius 3 is 2.73 bits per heavy atom. The minimum absolute atomic E-state index is 0. The van der Waals surface area contributed by atoms with Gasteiger partial charge in [-0.2, -0.15) is 0 Å². The van der Waals surface area contributed by atoms with Gasteiger partial charge in [0.15, 0.2) is 0 Å². The molecular formula is C20H23ClN4O. The van der Waals surface area contributed by atoms with E-state index in [9.17, 15) is 0 Å². The number of piperidine rings is 1. The predicted molar refractivity (Wildman–Crippen MR) is 108 cm³/mol. The smallest absolute Gasteiger partial charge is 0.130 e. The van der Waals surface area contributed by atoms with Crippen LogP contribution in [0.2, 0.25) is 0 Å². The molecule has 5 nitrogen and oxygen atoms in total. The van der Waals surface area contributed by atoms with E-state index in [1.807, 2.05) is 24.5 Å². The van der Waals surface area contributed by atoms with Gasteiger partial charge in [0.2, 0.25) is 0 Å². The summed E-state index contributed by atoms with van der Waals surface area (Å²) < 4.78 is 6.15. The van der Waals surface area contributed by atoms with E-state index < -0.39 is 0 Å². The van der Waals surface area contributed by atoms with Crippen LogP contribution in [0.1, 0.15) is 18.4 Å². The number of ether oxygens (including phenoxy) is 1. The number of rotatable bonds is 4. The van der Waals surface area contributed by atoms with Crippen molar-refractivity contribution in [2.75, 3.05) is 18.4 Å². The number of pyridine rings is 2. The van der Waals surface area contributed by atoms with Crippen LogP contribution >= 0.6 is 12.4 Å². The number of hydrogen-bond acceptors (Lipinski definition) is 5. The maximum Gasteiger partial charge on any atom is 0.130 e. The van der Waals surface area contributed by atoms with Gasteiger partial charge in [0.05, 0.1) is 11.9 Å². The predicted octanol–water partition coefficient (Wildman–Crippen LogP) is 4.23. The van der Waals surface area contributed by atoms with Crippen molar-refractivity contribution in [1.29, 1.82) is 0 Å². The molecule has 0 amide bonds. The number of nitrogens with one attached hydrogen (secondary N) is 2. The summed E-state index contributed by atoms with van der Waals surface area (Å²) in [5.41, 5.74) is 2.11. The van der Waals surface area contributed by atoms with Gasteiger partial charge in [-0.15, -0.1) is 12.4 Å². The van der Waals surface area contributed by atoms with E-state index in [2.05, 4.69) is 45.7 Å². The summed E-state index contributed by atoms with van der Waals surface area (Å²) in [4.78, 5) is 8.67. The lowest BCUT2D eigenvalue weighted by Gasteiger charge is -2.24. The van der Waals surface area contributed by atoms with Crippen molar-refractivity contribution in [1.82, 2.24) is 15.3 Å². The standard InChI is InChI=1S/C20H22N4O.ClH/c1-14-4-7-22-13-19(14)24-20-11-16-10-18(3-2-15(16)12-23-20)25-17-5-8-21-9-6-17;/h2-4,7,10-13,17,21H,5-6,8-9H2,1H3,(H,23,24);1H. The molecule has 1 aliphatic rings. The van der Waals surface area contributed by atoms with Gasteiger partial charge in [0.1, 0.15) is 17.7 Å². The second-order valence-corrected chi connectivity index (χ2v) is 6.46. The Hall–Kier alpha value is -2.37. The van der Waals surface area contributed by atoms with Gasteiger partial charge < -0.3 is 15.4 Å². The normalized spacial score (nSPS) is 14.7. The molecule has 4 rings (SSSR count). The maximum absolute atomic E-state index is 6.15. The maximum atomic E-state index is 6.15. The van der Waals surface area contributed by atoms with Crippen molar-refractivity contribution in [2.45, 2.75) is 25.9 Å². The first-order valence-electron chi connectivity index (χ1n) is 8.73. The Balaban J connectivity index is 0.00000196. The fraction of sp³-hybridized carbons (Fsp3) is 0.300. The van der Waals surface area contributed by atoms with Crippen molar-refractivity contribution in [2.24, 2.45) is 0 Å². The molecule has 1 saturated heterocycles. The molecule has 1 fully saturated rings. The highest BCUT2D eigenvalue weighted by atomic mass is 35.5. The number of halogens is 1. The van der Waals surface area contributed by atoms with Crippen molar-refractivity contribution >= 4 is 34.7 Å². The Morgan fingerprint density at radius 2 is 1.92 bits per heavy atom. The molecule has 0 radical (unpaired) electrons. The van der Waals surface area contributed by atoms with E-state index in [-0.39, 0.29) is 12.4 Å². The number of fused-ring (bicyclic) bond motifs is 1.